The molecule has 1 heterocycles. The first-order chi connectivity index (χ1) is 6.83. The van der Waals surface area contributed by atoms with Gasteiger partial charge in [0.25, 0.3) is 0 Å². The fourth-order valence-electron chi connectivity index (χ4n) is 1.91. The summed E-state index contributed by atoms with van der Waals surface area (Å²) in [4.78, 5) is 2.51. The molecule has 1 fully saturated rings. The van der Waals surface area contributed by atoms with E-state index in [1.807, 2.05) is 7.05 Å². The first kappa shape index (κ1) is 12.0. The second kappa shape index (κ2) is 7.21. The van der Waals surface area contributed by atoms with Crippen LogP contribution in [0.15, 0.2) is 0 Å². The van der Waals surface area contributed by atoms with Crippen LogP contribution in [-0.4, -0.2) is 50.8 Å². The number of hydrogen-bond donors (Lipinski definition) is 1. The van der Waals surface area contributed by atoms with Crippen molar-refractivity contribution in [1.29, 1.82) is 0 Å². The van der Waals surface area contributed by atoms with Crippen LogP contribution in [-0.2, 0) is 4.74 Å². The minimum absolute atomic E-state index is 0.338. The molecule has 0 spiro atoms. The Morgan fingerprint density at radius 3 is 2.64 bits per heavy atom. The van der Waals surface area contributed by atoms with Crippen molar-refractivity contribution in [1.82, 2.24) is 10.2 Å². The molecule has 14 heavy (non-hydrogen) atoms. The van der Waals surface area contributed by atoms with Crippen molar-refractivity contribution in [3.8, 4) is 0 Å². The molecule has 1 aliphatic heterocycles. The van der Waals surface area contributed by atoms with Crippen molar-refractivity contribution in [2.45, 2.75) is 32.3 Å². The van der Waals surface area contributed by atoms with Crippen LogP contribution in [0.3, 0.4) is 0 Å². The quantitative estimate of drug-likeness (QED) is 0.695. The first-order valence-electron chi connectivity index (χ1n) is 5.81. The third kappa shape index (κ3) is 4.94. The van der Waals surface area contributed by atoms with Crippen molar-refractivity contribution >= 4 is 0 Å². The standard InChI is InChI=1S/C11H24N2O/c1-11(10-12-2)14-9-8-13-6-4-3-5-7-13/h11-12H,3-10H2,1-2H3. The van der Waals surface area contributed by atoms with E-state index in [-0.39, 0.29) is 0 Å². The van der Waals surface area contributed by atoms with Crippen LogP contribution >= 0.6 is 0 Å². The van der Waals surface area contributed by atoms with Crippen LogP contribution in [0.1, 0.15) is 26.2 Å². The number of ether oxygens (including phenoxy) is 1. The molecule has 0 bridgehead atoms. The molecule has 1 atom stereocenters. The molecule has 0 amide bonds. The lowest BCUT2D eigenvalue weighted by atomic mass is 10.1. The fourth-order valence-corrected chi connectivity index (χ4v) is 1.91. The number of hydrogen-bond acceptors (Lipinski definition) is 3. The number of likely N-dealkylation sites (tertiary alicyclic amines) is 1. The Labute approximate surface area is 87.8 Å². The molecule has 0 aromatic rings. The number of likely N-dealkylation sites (N-methyl/N-ethyl adjacent to an activating group) is 1. The molecule has 1 aliphatic rings. The van der Waals surface area contributed by atoms with Gasteiger partial charge in [0, 0.05) is 13.1 Å². The monoisotopic (exact) mass is 200 g/mol. The van der Waals surface area contributed by atoms with Gasteiger partial charge in [-0.1, -0.05) is 6.42 Å². The maximum Gasteiger partial charge on any atom is 0.0671 e. The van der Waals surface area contributed by atoms with E-state index in [9.17, 15) is 0 Å². The molecule has 1 unspecified atom stereocenters. The summed E-state index contributed by atoms with van der Waals surface area (Å²) in [5.41, 5.74) is 0. The van der Waals surface area contributed by atoms with Crippen molar-refractivity contribution in [3.63, 3.8) is 0 Å². The van der Waals surface area contributed by atoms with Gasteiger partial charge in [0.05, 0.1) is 12.7 Å². The van der Waals surface area contributed by atoms with Crippen molar-refractivity contribution < 1.29 is 4.74 Å². The topological polar surface area (TPSA) is 24.5 Å². The highest BCUT2D eigenvalue weighted by Gasteiger charge is 2.09. The molecule has 3 heteroatoms. The third-order valence-electron chi connectivity index (χ3n) is 2.75. The van der Waals surface area contributed by atoms with E-state index in [0.29, 0.717) is 6.10 Å². The highest BCUT2D eigenvalue weighted by Crippen LogP contribution is 2.07. The molecule has 0 aliphatic carbocycles. The molecule has 0 saturated carbocycles. The smallest absolute Gasteiger partial charge is 0.0671 e. The summed E-state index contributed by atoms with van der Waals surface area (Å²) in [6.07, 6.45) is 4.48. The van der Waals surface area contributed by atoms with Gasteiger partial charge in [-0.3, -0.25) is 0 Å². The van der Waals surface area contributed by atoms with Gasteiger partial charge in [0.2, 0.25) is 0 Å². The van der Waals surface area contributed by atoms with E-state index in [1.54, 1.807) is 0 Å². The molecule has 0 aromatic heterocycles. The maximum atomic E-state index is 5.68. The SMILES string of the molecule is CNCC(C)OCCN1CCCCC1. The minimum atomic E-state index is 0.338. The van der Waals surface area contributed by atoms with Crippen LogP contribution < -0.4 is 5.32 Å². The van der Waals surface area contributed by atoms with Crippen LogP contribution in [0.25, 0.3) is 0 Å². The third-order valence-corrected chi connectivity index (χ3v) is 2.75. The highest BCUT2D eigenvalue weighted by atomic mass is 16.5. The lowest BCUT2D eigenvalue weighted by Crippen LogP contribution is -2.34. The van der Waals surface area contributed by atoms with Gasteiger partial charge in [0.1, 0.15) is 0 Å². The van der Waals surface area contributed by atoms with Crippen molar-refractivity contribution in [3.05, 3.63) is 0 Å². The minimum Gasteiger partial charge on any atom is -0.376 e. The lowest BCUT2D eigenvalue weighted by Gasteiger charge is -2.26. The Hall–Kier alpha value is -0.120. The summed E-state index contributed by atoms with van der Waals surface area (Å²) in [6.45, 7) is 7.58. The van der Waals surface area contributed by atoms with E-state index >= 15 is 0 Å². The summed E-state index contributed by atoms with van der Waals surface area (Å²) in [7, 11) is 1.96. The fraction of sp³-hybridized carbons (Fsp3) is 1.00. The van der Waals surface area contributed by atoms with Crippen LogP contribution in [0, 0.1) is 0 Å². The van der Waals surface area contributed by atoms with Gasteiger partial charge >= 0.3 is 0 Å². The Morgan fingerprint density at radius 2 is 2.00 bits per heavy atom. The van der Waals surface area contributed by atoms with Crippen LogP contribution in [0.2, 0.25) is 0 Å². The van der Waals surface area contributed by atoms with Gasteiger partial charge in [-0.2, -0.15) is 0 Å². The molecule has 0 radical (unpaired) electrons. The Bertz CT molecular complexity index is 135. The molecule has 0 aromatic carbocycles. The number of piperidine rings is 1. The first-order valence-corrected chi connectivity index (χ1v) is 5.81. The average Bonchev–Trinajstić information content (AvgIpc) is 2.20. The van der Waals surface area contributed by atoms with Crippen molar-refractivity contribution in [2.24, 2.45) is 0 Å². The molecule has 3 nitrogen and oxygen atoms in total. The molecular formula is C11H24N2O. The van der Waals surface area contributed by atoms with Crippen LogP contribution in [0.4, 0.5) is 0 Å². The van der Waals surface area contributed by atoms with E-state index in [0.717, 1.165) is 19.7 Å². The van der Waals surface area contributed by atoms with Gasteiger partial charge in [-0.05, 0) is 39.9 Å². The maximum absolute atomic E-state index is 5.68. The lowest BCUT2D eigenvalue weighted by molar-refractivity contribution is 0.0461. The van der Waals surface area contributed by atoms with Crippen molar-refractivity contribution in [2.75, 3.05) is 39.8 Å². The zero-order valence-electron chi connectivity index (χ0n) is 9.59. The van der Waals surface area contributed by atoms with Gasteiger partial charge < -0.3 is 15.0 Å². The number of nitrogens with zero attached hydrogens (tertiary/aromatic N) is 1. The Kier molecular flexibility index (Phi) is 6.15. The van der Waals surface area contributed by atoms with E-state index < -0.39 is 0 Å². The Morgan fingerprint density at radius 1 is 1.29 bits per heavy atom. The second-order valence-electron chi connectivity index (χ2n) is 4.14. The Balaban J connectivity index is 1.96. The zero-order chi connectivity index (χ0) is 10.2. The number of rotatable bonds is 6. The van der Waals surface area contributed by atoms with Crippen LogP contribution in [0.5, 0.6) is 0 Å². The predicted molar refractivity (Wildman–Crippen MR) is 59.6 cm³/mol. The van der Waals surface area contributed by atoms with Gasteiger partial charge in [-0.25, -0.2) is 0 Å². The van der Waals surface area contributed by atoms with Gasteiger partial charge in [0.15, 0.2) is 0 Å². The summed E-state index contributed by atoms with van der Waals surface area (Å²) in [5.74, 6) is 0. The zero-order valence-corrected chi connectivity index (χ0v) is 9.59. The molecule has 1 N–H and O–H groups in total. The number of nitrogens with one attached hydrogen (secondary N) is 1. The predicted octanol–water partition coefficient (Wildman–Crippen LogP) is 1.10. The molecular weight excluding hydrogens is 176 g/mol. The van der Waals surface area contributed by atoms with E-state index in [1.165, 1.54) is 32.4 Å². The summed E-state index contributed by atoms with van der Waals surface area (Å²) in [6, 6.07) is 0. The average molecular weight is 200 g/mol. The summed E-state index contributed by atoms with van der Waals surface area (Å²) < 4.78 is 5.68. The highest BCUT2D eigenvalue weighted by molar-refractivity contribution is 4.64. The summed E-state index contributed by atoms with van der Waals surface area (Å²) in [5, 5.41) is 3.12. The van der Waals surface area contributed by atoms with E-state index in [4.69, 9.17) is 4.74 Å². The second-order valence-corrected chi connectivity index (χ2v) is 4.14. The largest absolute Gasteiger partial charge is 0.376 e. The normalized spacial score (nSPS) is 21.0. The van der Waals surface area contributed by atoms with Gasteiger partial charge in [-0.15, -0.1) is 0 Å². The molecule has 84 valence electrons. The molecule has 1 saturated heterocycles. The van der Waals surface area contributed by atoms with E-state index in [2.05, 4.69) is 17.1 Å². The summed E-state index contributed by atoms with van der Waals surface area (Å²) >= 11 is 0. The molecule has 1 rings (SSSR count).